The molecule has 0 unspecified atom stereocenters. The van der Waals surface area contributed by atoms with E-state index in [1.54, 1.807) is 18.2 Å². The second kappa shape index (κ2) is 8.57. The highest BCUT2D eigenvalue weighted by atomic mass is 32.2. The van der Waals surface area contributed by atoms with Crippen LogP contribution in [0.4, 0.5) is 5.69 Å². The van der Waals surface area contributed by atoms with E-state index in [4.69, 9.17) is 0 Å². The van der Waals surface area contributed by atoms with Gasteiger partial charge in [0.1, 0.15) is 0 Å². The van der Waals surface area contributed by atoms with Crippen LogP contribution in [0, 0.1) is 0 Å². The maximum atomic E-state index is 13.2. The lowest BCUT2D eigenvalue weighted by atomic mass is 9.96. The summed E-state index contributed by atoms with van der Waals surface area (Å²) in [5, 5.41) is 3.12. The van der Waals surface area contributed by atoms with Crippen molar-refractivity contribution in [1.29, 1.82) is 0 Å². The van der Waals surface area contributed by atoms with Gasteiger partial charge in [0.05, 0.1) is 10.6 Å². The molecule has 6 heteroatoms. The number of rotatable bonds is 4. The lowest BCUT2D eigenvalue weighted by Gasteiger charge is -2.22. The monoisotopic (exact) mass is 412 g/mol. The summed E-state index contributed by atoms with van der Waals surface area (Å²) in [6, 6.07) is 14.2. The van der Waals surface area contributed by atoms with Gasteiger partial charge in [-0.05, 0) is 49.1 Å². The van der Waals surface area contributed by atoms with E-state index < -0.39 is 10.0 Å². The Bertz CT molecular complexity index is 979. The van der Waals surface area contributed by atoms with E-state index in [0.717, 1.165) is 36.9 Å². The van der Waals surface area contributed by atoms with Crippen LogP contribution in [0.2, 0.25) is 0 Å². The summed E-state index contributed by atoms with van der Waals surface area (Å²) in [7, 11) is -3.70. The molecule has 0 aromatic heterocycles. The quantitative estimate of drug-likeness (QED) is 0.815. The number of nitrogens with zero attached hydrogens (tertiary/aromatic N) is 1. The van der Waals surface area contributed by atoms with Crippen LogP contribution in [0.25, 0.3) is 0 Å². The fourth-order valence-corrected chi connectivity index (χ4v) is 5.90. The van der Waals surface area contributed by atoms with Crippen molar-refractivity contribution in [2.75, 3.05) is 10.8 Å². The first-order valence-electron chi connectivity index (χ1n) is 10.6. The minimum absolute atomic E-state index is 0.166. The average molecular weight is 413 g/mol. The molecule has 1 aliphatic heterocycles. The summed E-state index contributed by atoms with van der Waals surface area (Å²) in [6.07, 6.45) is 8.68. The third kappa shape index (κ3) is 4.32. The van der Waals surface area contributed by atoms with Crippen molar-refractivity contribution in [1.82, 2.24) is 5.32 Å². The smallest absolute Gasteiger partial charge is 0.264 e. The Hall–Kier alpha value is -2.34. The molecule has 4 rings (SSSR count). The SMILES string of the molecule is O=C(NC1CCCCCCC1)c1cccc(S(=O)(=O)N2CCc3ccccc32)c1. The molecule has 29 heavy (non-hydrogen) atoms. The predicted molar refractivity (Wildman–Crippen MR) is 115 cm³/mol. The maximum Gasteiger partial charge on any atom is 0.264 e. The highest BCUT2D eigenvalue weighted by molar-refractivity contribution is 7.92. The van der Waals surface area contributed by atoms with E-state index in [-0.39, 0.29) is 16.8 Å². The molecule has 5 nitrogen and oxygen atoms in total. The molecule has 1 saturated carbocycles. The highest BCUT2D eigenvalue weighted by Crippen LogP contribution is 2.32. The standard InChI is InChI=1S/C23H28N2O3S/c26-23(24-20-11-4-2-1-3-5-12-20)19-10-8-13-21(17-19)29(27,28)25-16-15-18-9-6-7-14-22(18)25/h6-10,13-14,17,20H,1-5,11-12,15-16H2,(H,24,26). The number of sulfonamides is 1. The normalized spacial score (nSPS) is 18.0. The summed E-state index contributed by atoms with van der Waals surface area (Å²) < 4.78 is 27.9. The molecule has 2 aliphatic rings. The van der Waals surface area contributed by atoms with E-state index in [1.807, 2.05) is 24.3 Å². The van der Waals surface area contributed by atoms with Gasteiger partial charge in [-0.1, -0.05) is 56.4 Å². The third-order valence-electron chi connectivity index (χ3n) is 5.97. The number of carbonyl (C=O) groups is 1. The molecular formula is C23H28N2O3S. The fraction of sp³-hybridized carbons (Fsp3) is 0.435. The minimum Gasteiger partial charge on any atom is -0.349 e. The third-order valence-corrected chi connectivity index (χ3v) is 7.78. The van der Waals surface area contributed by atoms with Crippen LogP contribution in [-0.2, 0) is 16.4 Å². The second-order valence-electron chi connectivity index (χ2n) is 8.00. The molecule has 0 radical (unpaired) electrons. The Kier molecular flexibility index (Phi) is 5.90. The zero-order chi connectivity index (χ0) is 20.3. The van der Waals surface area contributed by atoms with E-state index in [9.17, 15) is 13.2 Å². The Morgan fingerprint density at radius 1 is 0.931 bits per heavy atom. The molecule has 1 N–H and O–H groups in total. The van der Waals surface area contributed by atoms with Gasteiger partial charge in [-0.2, -0.15) is 0 Å². The Morgan fingerprint density at radius 2 is 1.66 bits per heavy atom. The Balaban J connectivity index is 1.53. The molecule has 1 fully saturated rings. The lowest BCUT2D eigenvalue weighted by molar-refractivity contribution is 0.0930. The number of benzene rings is 2. The molecule has 0 bridgehead atoms. The molecular weight excluding hydrogens is 384 g/mol. The van der Waals surface area contributed by atoms with E-state index in [1.165, 1.54) is 29.6 Å². The van der Waals surface area contributed by atoms with Crippen molar-refractivity contribution in [3.05, 3.63) is 59.7 Å². The van der Waals surface area contributed by atoms with Crippen LogP contribution in [0.5, 0.6) is 0 Å². The number of carbonyl (C=O) groups excluding carboxylic acids is 1. The minimum atomic E-state index is -3.70. The number of hydrogen-bond acceptors (Lipinski definition) is 3. The van der Waals surface area contributed by atoms with Crippen LogP contribution in [0.1, 0.15) is 60.9 Å². The number of anilines is 1. The fourth-order valence-electron chi connectivity index (χ4n) is 4.35. The summed E-state index contributed by atoms with van der Waals surface area (Å²) in [4.78, 5) is 13.0. The van der Waals surface area contributed by atoms with Crippen LogP contribution < -0.4 is 9.62 Å². The summed E-state index contributed by atoms with van der Waals surface area (Å²) in [5.41, 5.74) is 2.17. The van der Waals surface area contributed by atoms with Crippen LogP contribution in [0.15, 0.2) is 53.4 Å². The van der Waals surface area contributed by atoms with Crippen molar-refractivity contribution in [3.8, 4) is 0 Å². The molecule has 2 aromatic carbocycles. The lowest BCUT2D eigenvalue weighted by Crippen LogP contribution is -2.35. The van der Waals surface area contributed by atoms with Crippen molar-refractivity contribution in [2.45, 2.75) is 62.3 Å². The van der Waals surface area contributed by atoms with Gasteiger partial charge in [0.15, 0.2) is 0 Å². The molecule has 154 valence electrons. The zero-order valence-electron chi connectivity index (χ0n) is 16.6. The maximum absolute atomic E-state index is 13.2. The highest BCUT2D eigenvalue weighted by Gasteiger charge is 2.31. The van der Waals surface area contributed by atoms with Crippen LogP contribution >= 0.6 is 0 Å². The van der Waals surface area contributed by atoms with Gasteiger partial charge in [-0.15, -0.1) is 0 Å². The number of amides is 1. The van der Waals surface area contributed by atoms with Gasteiger partial charge >= 0.3 is 0 Å². The van der Waals surface area contributed by atoms with Crippen LogP contribution in [0.3, 0.4) is 0 Å². The van der Waals surface area contributed by atoms with Gasteiger partial charge in [0, 0.05) is 18.2 Å². The molecule has 1 aliphatic carbocycles. The summed E-state index contributed by atoms with van der Waals surface area (Å²) in [6.45, 7) is 0.431. The molecule has 0 atom stereocenters. The Labute approximate surface area is 173 Å². The largest absolute Gasteiger partial charge is 0.349 e. The Morgan fingerprint density at radius 3 is 2.45 bits per heavy atom. The molecule has 1 amide bonds. The van der Waals surface area contributed by atoms with Crippen molar-refractivity contribution in [3.63, 3.8) is 0 Å². The van der Waals surface area contributed by atoms with Crippen LogP contribution in [-0.4, -0.2) is 26.9 Å². The number of hydrogen-bond donors (Lipinski definition) is 1. The number of para-hydroxylation sites is 1. The number of fused-ring (bicyclic) bond motifs is 1. The first-order valence-corrected chi connectivity index (χ1v) is 12.0. The van der Waals surface area contributed by atoms with E-state index >= 15 is 0 Å². The molecule has 0 saturated heterocycles. The molecule has 0 spiro atoms. The van der Waals surface area contributed by atoms with Crippen molar-refractivity contribution < 1.29 is 13.2 Å². The zero-order valence-corrected chi connectivity index (χ0v) is 17.5. The predicted octanol–water partition coefficient (Wildman–Crippen LogP) is 4.28. The summed E-state index contributed by atoms with van der Waals surface area (Å²) >= 11 is 0. The first kappa shape index (κ1) is 20.0. The van der Waals surface area contributed by atoms with Gasteiger partial charge < -0.3 is 5.32 Å². The van der Waals surface area contributed by atoms with Gasteiger partial charge in [0.25, 0.3) is 15.9 Å². The molecule has 1 heterocycles. The first-order chi connectivity index (χ1) is 14.1. The second-order valence-corrected chi connectivity index (χ2v) is 9.86. The summed E-state index contributed by atoms with van der Waals surface area (Å²) in [5.74, 6) is -0.186. The number of nitrogens with one attached hydrogen (secondary N) is 1. The average Bonchev–Trinajstić information content (AvgIpc) is 3.15. The van der Waals surface area contributed by atoms with Gasteiger partial charge in [0.2, 0.25) is 0 Å². The molecule has 2 aromatic rings. The van der Waals surface area contributed by atoms with Gasteiger partial charge in [-0.25, -0.2) is 8.42 Å². The van der Waals surface area contributed by atoms with Crippen molar-refractivity contribution in [2.24, 2.45) is 0 Å². The topological polar surface area (TPSA) is 66.5 Å². The van der Waals surface area contributed by atoms with Crippen molar-refractivity contribution >= 4 is 21.6 Å². The van der Waals surface area contributed by atoms with E-state index in [2.05, 4.69) is 5.32 Å². The van der Waals surface area contributed by atoms with Gasteiger partial charge in [-0.3, -0.25) is 9.10 Å². The van der Waals surface area contributed by atoms with E-state index in [0.29, 0.717) is 18.5 Å².